The number of nitrogens with two attached hydrogens (primary N) is 1. The van der Waals surface area contributed by atoms with Gasteiger partial charge in [-0.1, -0.05) is 0 Å². The first kappa shape index (κ1) is 16.2. The molecule has 2 aliphatic heterocycles. The molecule has 128 valence electrons. The van der Waals surface area contributed by atoms with Crippen molar-refractivity contribution in [2.45, 2.75) is 19.3 Å². The molecule has 0 aliphatic carbocycles. The van der Waals surface area contributed by atoms with Crippen molar-refractivity contribution in [3.05, 3.63) is 0 Å². The molecule has 0 atom stereocenters. The van der Waals surface area contributed by atoms with Crippen LogP contribution in [0.3, 0.4) is 0 Å². The average molecular weight is 320 g/mol. The molecule has 0 saturated carbocycles. The summed E-state index contributed by atoms with van der Waals surface area (Å²) in [5, 5.41) is 3.30. The lowest BCUT2D eigenvalue weighted by Gasteiger charge is -2.32. The van der Waals surface area contributed by atoms with Crippen molar-refractivity contribution in [3.63, 3.8) is 0 Å². The summed E-state index contributed by atoms with van der Waals surface area (Å²) in [7, 11) is 2.17. The first-order valence-electron chi connectivity index (χ1n) is 8.62. The van der Waals surface area contributed by atoms with E-state index in [-0.39, 0.29) is 0 Å². The van der Waals surface area contributed by atoms with E-state index in [1.807, 2.05) is 0 Å². The van der Waals surface area contributed by atoms with Crippen molar-refractivity contribution < 1.29 is 0 Å². The zero-order chi connectivity index (χ0) is 16.1. The third-order valence-electron chi connectivity index (χ3n) is 4.59. The number of piperidine rings is 1. The SMILES string of the molecule is CN1CCN(CCNc2nc(N)nc(N3CCCCC3)n2)CC1. The second kappa shape index (κ2) is 7.74. The van der Waals surface area contributed by atoms with Gasteiger partial charge in [-0.2, -0.15) is 15.0 Å². The monoisotopic (exact) mass is 320 g/mol. The second-order valence-corrected chi connectivity index (χ2v) is 6.44. The molecule has 2 aliphatic rings. The van der Waals surface area contributed by atoms with Crippen LogP contribution in [0, 0.1) is 0 Å². The van der Waals surface area contributed by atoms with Gasteiger partial charge in [0, 0.05) is 52.4 Å². The molecule has 3 heterocycles. The van der Waals surface area contributed by atoms with E-state index in [9.17, 15) is 0 Å². The fraction of sp³-hybridized carbons (Fsp3) is 0.800. The van der Waals surface area contributed by atoms with Crippen LogP contribution >= 0.6 is 0 Å². The molecule has 0 radical (unpaired) electrons. The van der Waals surface area contributed by atoms with E-state index < -0.39 is 0 Å². The average Bonchev–Trinajstić information content (AvgIpc) is 2.57. The molecule has 23 heavy (non-hydrogen) atoms. The van der Waals surface area contributed by atoms with Crippen molar-refractivity contribution >= 4 is 17.8 Å². The molecular formula is C15H28N8. The van der Waals surface area contributed by atoms with Gasteiger partial charge in [-0.3, -0.25) is 4.90 Å². The van der Waals surface area contributed by atoms with E-state index in [1.165, 1.54) is 19.3 Å². The highest BCUT2D eigenvalue weighted by atomic mass is 15.3. The Morgan fingerprint density at radius 2 is 1.70 bits per heavy atom. The van der Waals surface area contributed by atoms with Crippen LogP contribution in [0.2, 0.25) is 0 Å². The number of hydrogen-bond donors (Lipinski definition) is 2. The van der Waals surface area contributed by atoms with E-state index in [0.29, 0.717) is 17.8 Å². The molecule has 0 amide bonds. The number of hydrogen-bond acceptors (Lipinski definition) is 8. The van der Waals surface area contributed by atoms with Gasteiger partial charge < -0.3 is 20.9 Å². The lowest BCUT2D eigenvalue weighted by Crippen LogP contribution is -2.45. The number of anilines is 3. The fourth-order valence-electron chi connectivity index (χ4n) is 3.09. The molecule has 2 fully saturated rings. The number of nitrogens with zero attached hydrogens (tertiary/aromatic N) is 6. The number of nitrogen functional groups attached to an aromatic ring is 1. The number of likely N-dealkylation sites (N-methyl/N-ethyl adjacent to an activating group) is 1. The summed E-state index contributed by atoms with van der Waals surface area (Å²) < 4.78 is 0. The Hall–Kier alpha value is -1.67. The van der Waals surface area contributed by atoms with Crippen molar-refractivity contribution in [1.82, 2.24) is 24.8 Å². The molecule has 1 aromatic rings. The second-order valence-electron chi connectivity index (χ2n) is 6.44. The van der Waals surface area contributed by atoms with E-state index in [1.54, 1.807) is 0 Å². The third-order valence-corrected chi connectivity index (χ3v) is 4.59. The maximum absolute atomic E-state index is 5.85. The number of nitrogens with one attached hydrogen (secondary N) is 1. The van der Waals surface area contributed by atoms with Crippen LogP contribution < -0.4 is 16.0 Å². The summed E-state index contributed by atoms with van der Waals surface area (Å²) in [6, 6.07) is 0. The maximum Gasteiger partial charge on any atom is 0.231 e. The maximum atomic E-state index is 5.85. The van der Waals surface area contributed by atoms with Crippen molar-refractivity contribution in [2.24, 2.45) is 0 Å². The van der Waals surface area contributed by atoms with Crippen LogP contribution in [-0.4, -0.2) is 84.2 Å². The lowest BCUT2D eigenvalue weighted by atomic mass is 10.1. The van der Waals surface area contributed by atoms with E-state index in [4.69, 9.17) is 5.73 Å². The van der Waals surface area contributed by atoms with Gasteiger partial charge in [-0.25, -0.2) is 0 Å². The molecule has 8 nitrogen and oxygen atoms in total. The van der Waals surface area contributed by atoms with Gasteiger partial charge in [-0.15, -0.1) is 0 Å². The van der Waals surface area contributed by atoms with Gasteiger partial charge >= 0.3 is 0 Å². The summed E-state index contributed by atoms with van der Waals surface area (Å²) in [4.78, 5) is 20.1. The summed E-state index contributed by atoms with van der Waals surface area (Å²) in [5.41, 5.74) is 5.85. The Morgan fingerprint density at radius 1 is 0.957 bits per heavy atom. The molecule has 8 heteroatoms. The van der Waals surface area contributed by atoms with Gasteiger partial charge in [0.2, 0.25) is 17.8 Å². The molecular weight excluding hydrogens is 292 g/mol. The predicted molar refractivity (Wildman–Crippen MR) is 92.7 cm³/mol. The van der Waals surface area contributed by atoms with Crippen molar-refractivity contribution in [1.29, 1.82) is 0 Å². The minimum atomic E-state index is 0.294. The van der Waals surface area contributed by atoms with E-state index in [2.05, 4.69) is 42.0 Å². The minimum absolute atomic E-state index is 0.294. The Kier molecular flexibility index (Phi) is 5.45. The van der Waals surface area contributed by atoms with Crippen molar-refractivity contribution in [2.75, 3.05) is 75.4 Å². The van der Waals surface area contributed by atoms with Crippen LogP contribution in [-0.2, 0) is 0 Å². The van der Waals surface area contributed by atoms with Gasteiger partial charge in [0.15, 0.2) is 0 Å². The third kappa shape index (κ3) is 4.65. The highest BCUT2D eigenvalue weighted by Crippen LogP contribution is 2.17. The standard InChI is InChI=1S/C15H28N8/c1-21-9-11-22(12-10-21)8-5-17-14-18-13(16)19-15(20-14)23-6-3-2-4-7-23/h2-12H2,1H3,(H3,16,17,18,19,20). The Bertz CT molecular complexity index is 494. The van der Waals surface area contributed by atoms with Gasteiger partial charge in [0.25, 0.3) is 0 Å². The first-order valence-corrected chi connectivity index (χ1v) is 8.62. The molecule has 3 N–H and O–H groups in total. The molecule has 1 aromatic heterocycles. The molecule has 0 unspecified atom stereocenters. The normalized spacial score (nSPS) is 20.7. The number of rotatable bonds is 5. The van der Waals surface area contributed by atoms with E-state index in [0.717, 1.165) is 52.4 Å². The predicted octanol–water partition coefficient (Wildman–Crippen LogP) is 0.103. The molecule has 3 rings (SSSR count). The summed E-state index contributed by atoms with van der Waals surface area (Å²) in [6.45, 7) is 8.35. The summed E-state index contributed by atoms with van der Waals surface area (Å²) in [5.74, 6) is 1.59. The first-order chi connectivity index (χ1) is 11.2. The highest BCUT2D eigenvalue weighted by Gasteiger charge is 2.16. The smallest absolute Gasteiger partial charge is 0.231 e. The number of aromatic nitrogens is 3. The van der Waals surface area contributed by atoms with Gasteiger partial charge in [-0.05, 0) is 26.3 Å². The molecule has 0 bridgehead atoms. The van der Waals surface area contributed by atoms with Gasteiger partial charge in [0.05, 0.1) is 0 Å². The van der Waals surface area contributed by atoms with Crippen LogP contribution in [0.5, 0.6) is 0 Å². The van der Waals surface area contributed by atoms with Crippen LogP contribution in [0.1, 0.15) is 19.3 Å². The van der Waals surface area contributed by atoms with Crippen molar-refractivity contribution in [3.8, 4) is 0 Å². The largest absolute Gasteiger partial charge is 0.368 e. The zero-order valence-electron chi connectivity index (χ0n) is 14.0. The lowest BCUT2D eigenvalue weighted by molar-refractivity contribution is 0.158. The molecule has 2 saturated heterocycles. The van der Waals surface area contributed by atoms with Crippen LogP contribution in [0.4, 0.5) is 17.8 Å². The van der Waals surface area contributed by atoms with E-state index >= 15 is 0 Å². The Balaban J connectivity index is 1.52. The highest BCUT2D eigenvalue weighted by molar-refractivity contribution is 5.42. The number of piperazine rings is 1. The summed E-state index contributed by atoms with van der Waals surface area (Å²) in [6.07, 6.45) is 3.67. The fourth-order valence-corrected chi connectivity index (χ4v) is 3.09. The summed E-state index contributed by atoms with van der Waals surface area (Å²) >= 11 is 0. The Morgan fingerprint density at radius 3 is 2.43 bits per heavy atom. The van der Waals surface area contributed by atoms with Crippen LogP contribution in [0.15, 0.2) is 0 Å². The van der Waals surface area contributed by atoms with Crippen LogP contribution in [0.25, 0.3) is 0 Å². The molecule has 0 spiro atoms. The topological polar surface area (TPSA) is 86.4 Å². The Labute approximate surface area is 138 Å². The zero-order valence-corrected chi connectivity index (χ0v) is 14.0. The quantitative estimate of drug-likeness (QED) is 0.790. The minimum Gasteiger partial charge on any atom is -0.368 e. The van der Waals surface area contributed by atoms with Gasteiger partial charge in [0.1, 0.15) is 0 Å². The molecule has 0 aromatic carbocycles.